The van der Waals surface area contributed by atoms with Crippen LogP contribution in [0, 0.1) is 0 Å². The number of hydrogen-bond acceptors (Lipinski definition) is 3. The van der Waals surface area contributed by atoms with E-state index in [0.717, 1.165) is 26.1 Å². The smallest absolute Gasteiger partial charge is 0.0464 e. The van der Waals surface area contributed by atoms with Gasteiger partial charge in [-0.25, -0.2) is 5.84 Å². The maximum absolute atomic E-state index is 5.74. The molecule has 1 rings (SSSR count). The predicted octanol–water partition coefficient (Wildman–Crippen LogP) is 0.449. The molecule has 3 N–H and O–H groups in total. The topological polar surface area (TPSA) is 41.3 Å². The van der Waals surface area contributed by atoms with E-state index in [0.29, 0.717) is 0 Å². The number of hydrazine groups is 1. The molecule has 1 aliphatic heterocycles. The van der Waals surface area contributed by atoms with Crippen LogP contribution in [-0.4, -0.2) is 24.6 Å². The van der Waals surface area contributed by atoms with Gasteiger partial charge < -0.3 is 10.3 Å². The number of nitrogens with two attached hydrogens (primary N) is 1. The molecule has 0 bridgehead atoms. The van der Waals surface area contributed by atoms with E-state index in [4.69, 9.17) is 5.84 Å². The van der Waals surface area contributed by atoms with E-state index >= 15 is 0 Å². The number of nitrogens with zero attached hydrogens (tertiary/aromatic N) is 1. The second-order valence-electron chi connectivity index (χ2n) is 2.85. The summed E-state index contributed by atoms with van der Waals surface area (Å²) in [5, 5.41) is 5.12. The number of nitrogens with one attached hydrogen (secondary N) is 1. The van der Waals surface area contributed by atoms with Gasteiger partial charge in [-0.15, -0.1) is 0 Å². The Kier molecular flexibility index (Phi) is 3.39. The van der Waals surface area contributed by atoms with E-state index in [-0.39, 0.29) is 0 Å². The highest BCUT2D eigenvalue weighted by Gasteiger charge is 2.08. The second-order valence-corrected chi connectivity index (χ2v) is 2.85. The van der Waals surface area contributed by atoms with Gasteiger partial charge in [-0.3, -0.25) is 0 Å². The van der Waals surface area contributed by atoms with Gasteiger partial charge in [-0.05, 0) is 6.42 Å². The number of unbranched alkanes of at least 4 members (excludes halogenated alkanes) is 1. The highest BCUT2D eigenvalue weighted by Crippen LogP contribution is 2.03. The van der Waals surface area contributed by atoms with Crippen LogP contribution in [0.25, 0.3) is 0 Å². The van der Waals surface area contributed by atoms with Gasteiger partial charge in [0.15, 0.2) is 0 Å². The fraction of sp³-hybridized carbons (Fsp3) is 0.750. The Morgan fingerprint density at radius 2 is 2.55 bits per heavy atom. The Hall–Kier alpha value is -0.540. The first-order valence-corrected chi connectivity index (χ1v) is 4.26. The lowest BCUT2D eigenvalue weighted by Gasteiger charge is -2.27. The molecule has 0 atom stereocenters. The van der Waals surface area contributed by atoms with Gasteiger partial charge in [0.2, 0.25) is 0 Å². The molecule has 0 radical (unpaired) electrons. The predicted molar refractivity (Wildman–Crippen MR) is 46.8 cm³/mol. The van der Waals surface area contributed by atoms with E-state index in [1.54, 1.807) is 0 Å². The molecule has 0 spiro atoms. The summed E-state index contributed by atoms with van der Waals surface area (Å²) in [6.07, 6.45) is 4.54. The van der Waals surface area contributed by atoms with Crippen molar-refractivity contribution in [2.75, 3.05) is 19.6 Å². The van der Waals surface area contributed by atoms with Crippen LogP contribution in [0.5, 0.6) is 0 Å². The van der Waals surface area contributed by atoms with Gasteiger partial charge in [0.25, 0.3) is 0 Å². The second kappa shape index (κ2) is 4.36. The molecule has 1 saturated heterocycles. The Bertz CT molecular complexity index is 142. The fourth-order valence-corrected chi connectivity index (χ4v) is 1.16. The zero-order valence-corrected chi connectivity index (χ0v) is 7.14. The minimum Gasteiger partial charge on any atom is -0.313 e. The van der Waals surface area contributed by atoms with Crippen molar-refractivity contribution in [1.82, 2.24) is 10.3 Å². The molecule has 3 heteroatoms. The quantitative estimate of drug-likeness (QED) is 0.569. The third-order valence-corrected chi connectivity index (χ3v) is 1.87. The first-order valence-electron chi connectivity index (χ1n) is 4.26. The number of hydrogen-bond donors (Lipinski definition) is 2. The van der Waals surface area contributed by atoms with Crippen LogP contribution in [-0.2, 0) is 0 Å². The van der Waals surface area contributed by atoms with Gasteiger partial charge >= 0.3 is 0 Å². The van der Waals surface area contributed by atoms with E-state index in [1.807, 2.05) is 5.01 Å². The monoisotopic (exact) mass is 155 g/mol. The lowest BCUT2D eigenvalue weighted by Crippen LogP contribution is -2.45. The Morgan fingerprint density at radius 3 is 3.18 bits per heavy atom. The summed E-state index contributed by atoms with van der Waals surface area (Å²) in [5.74, 6) is 5.74. The summed E-state index contributed by atoms with van der Waals surface area (Å²) in [6.45, 7) is 5.03. The molecular formula is C8H17N3. The molecule has 64 valence electrons. The van der Waals surface area contributed by atoms with Gasteiger partial charge in [-0.2, -0.15) is 0 Å². The lowest BCUT2D eigenvalue weighted by molar-refractivity contribution is 0.310. The summed E-state index contributed by atoms with van der Waals surface area (Å²) >= 11 is 0. The Labute approximate surface area is 68.2 Å². The molecule has 11 heavy (non-hydrogen) atoms. The van der Waals surface area contributed by atoms with E-state index in [2.05, 4.69) is 18.3 Å². The number of piperazine rings is 1. The van der Waals surface area contributed by atoms with Gasteiger partial charge in [-0.1, -0.05) is 19.4 Å². The van der Waals surface area contributed by atoms with Crippen LogP contribution in [0.1, 0.15) is 19.8 Å². The molecular weight excluding hydrogens is 138 g/mol. The zero-order chi connectivity index (χ0) is 8.10. The normalized spacial score (nSPS) is 22.7. The molecule has 1 aliphatic rings. The summed E-state index contributed by atoms with van der Waals surface area (Å²) in [7, 11) is 0. The van der Waals surface area contributed by atoms with Crippen LogP contribution < -0.4 is 11.2 Å². The van der Waals surface area contributed by atoms with Crippen molar-refractivity contribution < 1.29 is 0 Å². The van der Waals surface area contributed by atoms with E-state index in [9.17, 15) is 0 Å². The molecule has 0 aromatic rings. The molecule has 0 aliphatic carbocycles. The fourth-order valence-electron chi connectivity index (χ4n) is 1.16. The van der Waals surface area contributed by atoms with Crippen molar-refractivity contribution in [3.8, 4) is 0 Å². The van der Waals surface area contributed by atoms with E-state index in [1.165, 1.54) is 12.1 Å². The summed E-state index contributed by atoms with van der Waals surface area (Å²) in [4.78, 5) is 0. The van der Waals surface area contributed by atoms with Gasteiger partial charge in [0.05, 0.1) is 0 Å². The maximum atomic E-state index is 5.74. The average Bonchev–Trinajstić information content (AvgIpc) is 2.03. The van der Waals surface area contributed by atoms with Crippen molar-refractivity contribution in [2.24, 2.45) is 5.84 Å². The van der Waals surface area contributed by atoms with Crippen LogP contribution in [0.15, 0.2) is 11.8 Å². The van der Waals surface area contributed by atoms with Crippen molar-refractivity contribution in [1.29, 1.82) is 0 Å². The van der Waals surface area contributed by atoms with Crippen molar-refractivity contribution >= 4 is 0 Å². The van der Waals surface area contributed by atoms with Crippen molar-refractivity contribution in [3.63, 3.8) is 0 Å². The van der Waals surface area contributed by atoms with Gasteiger partial charge in [0, 0.05) is 25.3 Å². The lowest BCUT2D eigenvalue weighted by atomic mass is 10.2. The first-order chi connectivity index (χ1) is 5.34. The third-order valence-electron chi connectivity index (χ3n) is 1.87. The largest absolute Gasteiger partial charge is 0.313 e. The summed E-state index contributed by atoms with van der Waals surface area (Å²) < 4.78 is 0. The highest BCUT2D eigenvalue weighted by molar-refractivity contribution is 5.04. The minimum atomic E-state index is 0.926. The first kappa shape index (κ1) is 8.56. The highest BCUT2D eigenvalue weighted by atomic mass is 15.4. The standard InChI is InChI=1S/C8H17N3/c1-2-3-4-8-7-10-5-6-11(8)9/h4,10H,2-3,5-7,9H2,1H3. The molecule has 1 heterocycles. The minimum absolute atomic E-state index is 0.926. The molecule has 1 fully saturated rings. The summed E-state index contributed by atoms with van der Waals surface area (Å²) in [6, 6.07) is 0. The molecule has 0 saturated carbocycles. The van der Waals surface area contributed by atoms with Crippen LogP contribution >= 0.6 is 0 Å². The Balaban J connectivity index is 2.40. The molecule has 0 amide bonds. The Morgan fingerprint density at radius 1 is 1.73 bits per heavy atom. The molecule has 0 aromatic heterocycles. The molecule has 3 nitrogen and oxygen atoms in total. The molecule has 0 unspecified atom stereocenters. The zero-order valence-electron chi connectivity index (χ0n) is 7.14. The SMILES string of the molecule is CCCC=C1CNCCN1N. The third kappa shape index (κ3) is 2.52. The summed E-state index contributed by atoms with van der Waals surface area (Å²) in [5.41, 5.74) is 1.23. The van der Waals surface area contributed by atoms with Crippen LogP contribution in [0.4, 0.5) is 0 Å². The number of rotatable bonds is 2. The van der Waals surface area contributed by atoms with Crippen molar-refractivity contribution in [2.45, 2.75) is 19.8 Å². The van der Waals surface area contributed by atoms with Crippen LogP contribution in [0.3, 0.4) is 0 Å². The van der Waals surface area contributed by atoms with Crippen LogP contribution in [0.2, 0.25) is 0 Å². The van der Waals surface area contributed by atoms with Crippen molar-refractivity contribution in [3.05, 3.63) is 11.8 Å². The maximum Gasteiger partial charge on any atom is 0.0464 e. The number of allylic oxidation sites excluding steroid dienone is 1. The molecule has 0 aromatic carbocycles. The van der Waals surface area contributed by atoms with E-state index < -0.39 is 0 Å². The average molecular weight is 155 g/mol. The van der Waals surface area contributed by atoms with Gasteiger partial charge in [0.1, 0.15) is 0 Å².